The molecule has 0 bridgehead atoms. The molecule has 0 saturated carbocycles. The first-order valence-corrected chi connectivity index (χ1v) is 15.0. The molecule has 1 saturated heterocycles. The molecule has 1 fully saturated rings. The third-order valence-electron chi connectivity index (χ3n) is 7.01. The van der Waals surface area contributed by atoms with Crippen LogP contribution in [0.15, 0.2) is 110 Å². The standard InChI is InChI=1S/C31H27N3O3S2/c1-4-5-16-34-26-17-21-10-6-7-11-22(21)18-27(26)38-30(34)13-9-8-12-29-31(25(20-32)33-2)24-19-23(37-3)14-15-28(24)39(29,35)36/h6-15,17-19,21-22H,4-5,16H2,1,3H3/b9-8+,29-12?,30-13-,31-25?. The number of ether oxygens (including phenoxy) is 1. The van der Waals surface area contributed by atoms with Gasteiger partial charge in [0.05, 0.1) is 40.3 Å². The Morgan fingerprint density at radius 2 is 1.95 bits per heavy atom. The molecular weight excluding hydrogens is 526 g/mol. The Hall–Kier alpha value is -3.98. The molecule has 6 nitrogen and oxygen atoms in total. The van der Waals surface area contributed by atoms with Gasteiger partial charge in [0.2, 0.25) is 9.84 Å². The zero-order chi connectivity index (χ0) is 27.6. The van der Waals surface area contributed by atoms with Gasteiger partial charge in [-0.1, -0.05) is 73.7 Å². The molecule has 1 aromatic carbocycles. The van der Waals surface area contributed by atoms with Gasteiger partial charge in [0.25, 0.3) is 5.70 Å². The number of allylic oxidation sites excluding steroid dienone is 12. The molecule has 39 heavy (non-hydrogen) atoms. The van der Waals surface area contributed by atoms with Crippen molar-refractivity contribution in [1.29, 1.82) is 5.26 Å². The van der Waals surface area contributed by atoms with Crippen LogP contribution in [0.5, 0.6) is 5.75 Å². The molecule has 8 heteroatoms. The lowest BCUT2D eigenvalue weighted by atomic mass is 9.84. The average molecular weight is 554 g/mol. The Labute approximate surface area is 234 Å². The minimum absolute atomic E-state index is 0.0587. The minimum Gasteiger partial charge on any atom is -0.497 e. The maximum absolute atomic E-state index is 13.4. The summed E-state index contributed by atoms with van der Waals surface area (Å²) >= 11 is 1.72. The number of rotatable bonds is 6. The third-order valence-corrected chi connectivity index (χ3v) is 9.99. The number of methoxy groups -OCH3 is 1. The van der Waals surface area contributed by atoms with E-state index in [2.05, 4.69) is 53.1 Å². The van der Waals surface area contributed by atoms with Crippen molar-refractivity contribution in [2.75, 3.05) is 13.7 Å². The van der Waals surface area contributed by atoms with Crippen LogP contribution in [0, 0.1) is 29.7 Å². The maximum Gasteiger partial charge on any atom is 0.270 e. The molecule has 196 valence electrons. The van der Waals surface area contributed by atoms with Gasteiger partial charge in [0.15, 0.2) is 0 Å². The zero-order valence-electron chi connectivity index (χ0n) is 21.7. The first kappa shape index (κ1) is 26.6. The molecule has 2 atom stereocenters. The highest BCUT2D eigenvalue weighted by molar-refractivity contribution is 8.07. The summed E-state index contributed by atoms with van der Waals surface area (Å²) in [6.07, 6.45) is 22.4. The zero-order valence-corrected chi connectivity index (χ0v) is 23.3. The quantitative estimate of drug-likeness (QED) is 0.282. The largest absolute Gasteiger partial charge is 0.497 e. The second-order valence-corrected chi connectivity index (χ2v) is 12.3. The summed E-state index contributed by atoms with van der Waals surface area (Å²) in [5, 5.41) is 10.7. The van der Waals surface area contributed by atoms with Crippen LogP contribution >= 0.6 is 11.8 Å². The van der Waals surface area contributed by atoms with Crippen molar-refractivity contribution in [1.82, 2.24) is 4.90 Å². The molecule has 0 aromatic heterocycles. The molecule has 5 rings (SSSR count). The number of unbranched alkanes of at least 4 members (excludes halogenated alkanes) is 1. The van der Waals surface area contributed by atoms with Crippen LogP contribution < -0.4 is 4.74 Å². The highest BCUT2D eigenvalue weighted by Gasteiger charge is 2.38. The van der Waals surface area contributed by atoms with E-state index in [1.54, 1.807) is 30.0 Å². The number of benzene rings is 1. The number of hydrogen-bond donors (Lipinski definition) is 0. The van der Waals surface area contributed by atoms with E-state index in [4.69, 9.17) is 11.3 Å². The van der Waals surface area contributed by atoms with Crippen molar-refractivity contribution in [3.8, 4) is 11.8 Å². The highest BCUT2D eigenvalue weighted by atomic mass is 32.2. The molecule has 4 aliphatic rings. The smallest absolute Gasteiger partial charge is 0.270 e. The Morgan fingerprint density at radius 3 is 2.64 bits per heavy atom. The Kier molecular flexibility index (Phi) is 7.52. The topological polar surface area (TPSA) is 74.8 Å². The molecule has 2 heterocycles. The number of hydrogen-bond acceptors (Lipinski definition) is 6. The number of nitrogens with zero attached hydrogens (tertiary/aromatic N) is 3. The van der Waals surface area contributed by atoms with Crippen molar-refractivity contribution in [3.05, 3.63) is 122 Å². The van der Waals surface area contributed by atoms with Gasteiger partial charge in [0.1, 0.15) is 5.75 Å². The van der Waals surface area contributed by atoms with E-state index in [9.17, 15) is 13.7 Å². The molecule has 0 radical (unpaired) electrons. The lowest BCUT2D eigenvalue weighted by Gasteiger charge is -2.27. The van der Waals surface area contributed by atoms with E-state index in [-0.39, 0.29) is 21.1 Å². The summed E-state index contributed by atoms with van der Waals surface area (Å²) in [5.74, 6) is 1.17. The van der Waals surface area contributed by atoms with Crippen molar-refractivity contribution in [2.24, 2.45) is 11.8 Å². The van der Waals surface area contributed by atoms with Gasteiger partial charge in [-0.05, 0) is 42.3 Å². The first-order valence-electron chi connectivity index (χ1n) is 12.7. The van der Waals surface area contributed by atoms with Gasteiger partial charge < -0.3 is 9.64 Å². The second-order valence-electron chi connectivity index (χ2n) is 9.35. The third kappa shape index (κ3) is 4.83. The van der Waals surface area contributed by atoms with E-state index in [1.165, 1.54) is 29.9 Å². The van der Waals surface area contributed by atoms with Gasteiger partial charge >= 0.3 is 0 Å². The van der Waals surface area contributed by atoms with Gasteiger partial charge in [-0.3, -0.25) is 0 Å². The van der Waals surface area contributed by atoms with Crippen molar-refractivity contribution in [2.45, 2.75) is 24.7 Å². The van der Waals surface area contributed by atoms with Crippen LogP contribution in [0.25, 0.3) is 10.4 Å². The number of sulfone groups is 1. The predicted molar refractivity (Wildman–Crippen MR) is 155 cm³/mol. The van der Waals surface area contributed by atoms with Crippen molar-refractivity contribution >= 4 is 27.2 Å². The molecule has 0 spiro atoms. The normalized spacial score (nSPS) is 25.6. The SMILES string of the molecule is [C-]#[N+]C(C#N)=C1C(=C/C=C/C=C2\SC3=CC4C=CC=CC4C=C3N2CCCC)S(=O)(=O)c2ccc(OC)cc21. The maximum atomic E-state index is 13.4. The molecule has 2 aliphatic carbocycles. The Balaban J connectivity index is 1.51. The monoisotopic (exact) mass is 553 g/mol. The fraction of sp³-hybridized carbons (Fsp3) is 0.226. The molecule has 0 amide bonds. The second kappa shape index (κ2) is 11.0. The summed E-state index contributed by atoms with van der Waals surface area (Å²) in [6.45, 7) is 10.5. The van der Waals surface area contributed by atoms with Crippen LogP contribution in [-0.4, -0.2) is 27.0 Å². The van der Waals surface area contributed by atoms with Crippen molar-refractivity contribution < 1.29 is 13.2 Å². The van der Waals surface area contributed by atoms with Gasteiger partial charge in [-0.15, -0.1) is 0 Å². The van der Waals surface area contributed by atoms with E-state index in [0.29, 0.717) is 23.1 Å². The molecule has 0 N–H and O–H groups in total. The number of nitriles is 1. The first-order chi connectivity index (χ1) is 18.9. The van der Waals surface area contributed by atoms with Crippen LogP contribution in [0.1, 0.15) is 25.3 Å². The molecule has 2 unspecified atom stereocenters. The van der Waals surface area contributed by atoms with Crippen LogP contribution in [0.4, 0.5) is 0 Å². The lowest BCUT2D eigenvalue weighted by Crippen LogP contribution is -2.21. The summed E-state index contributed by atoms with van der Waals surface area (Å²) < 4.78 is 32.1. The fourth-order valence-corrected chi connectivity index (χ4v) is 7.90. The molecule has 1 aromatic rings. The summed E-state index contributed by atoms with van der Waals surface area (Å²) in [4.78, 5) is 6.91. The summed E-state index contributed by atoms with van der Waals surface area (Å²) in [7, 11) is -2.42. The number of thioether (sulfide) groups is 1. The number of fused-ring (bicyclic) bond motifs is 3. The summed E-state index contributed by atoms with van der Waals surface area (Å²) in [6, 6.07) is 6.44. The molecular formula is C31H27N3O3S2. The van der Waals surface area contributed by atoms with E-state index < -0.39 is 9.84 Å². The van der Waals surface area contributed by atoms with Crippen LogP contribution in [0.3, 0.4) is 0 Å². The van der Waals surface area contributed by atoms with Gasteiger partial charge in [-0.25, -0.2) is 18.5 Å². The van der Waals surface area contributed by atoms with Gasteiger partial charge in [-0.2, -0.15) is 0 Å². The highest BCUT2D eigenvalue weighted by Crippen LogP contribution is 2.50. The lowest BCUT2D eigenvalue weighted by molar-refractivity contribution is 0.414. The van der Waals surface area contributed by atoms with E-state index in [0.717, 1.165) is 24.4 Å². The average Bonchev–Trinajstić information content (AvgIpc) is 3.39. The van der Waals surface area contributed by atoms with Crippen molar-refractivity contribution in [3.63, 3.8) is 0 Å². The van der Waals surface area contributed by atoms with Crippen LogP contribution in [-0.2, 0) is 9.84 Å². The van der Waals surface area contributed by atoms with E-state index >= 15 is 0 Å². The van der Waals surface area contributed by atoms with Crippen LogP contribution in [0.2, 0.25) is 0 Å². The predicted octanol–water partition coefficient (Wildman–Crippen LogP) is 6.91. The Bertz CT molecular complexity index is 1640. The van der Waals surface area contributed by atoms with E-state index in [1.807, 2.05) is 18.2 Å². The fourth-order valence-electron chi connectivity index (χ4n) is 5.05. The molecule has 2 aliphatic heterocycles. The van der Waals surface area contributed by atoms with Gasteiger partial charge in [0, 0.05) is 28.9 Å². The summed E-state index contributed by atoms with van der Waals surface area (Å²) in [5.41, 5.74) is 1.39. The Morgan fingerprint density at radius 1 is 1.21 bits per heavy atom. The minimum atomic E-state index is -3.90.